The third-order valence-corrected chi connectivity index (χ3v) is 4.32. The predicted octanol–water partition coefficient (Wildman–Crippen LogP) is 2.80. The normalized spacial score (nSPS) is 11.0. The Morgan fingerprint density at radius 1 is 1.20 bits per heavy atom. The van der Waals surface area contributed by atoms with Gasteiger partial charge in [-0.1, -0.05) is 6.07 Å². The molecule has 0 atom stereocenters. The molecule has 3 heterocycles. The van der Waals surface area contributed by atoms with Crippen LogP contribution in [0, 0.1) is 20.8 Å². The quantitative estimate of drug-likeness (QED) is 0.686. The summed E-state index contributed by atoms with van der Waals surface area (Å²) in [6.07, 6.45) is 1.74. The van der Waals surface area contributed by atoms with E-state index in [4.69, 9.17) is 4.74 Å². The number of rotatable bonds is 4. The van der Waals surface area contributed by atoms with E-state index in [1.54, 1.807) is 12.3 Å². The molecule has 3 rings (SSSR count). The molecule has 0 unspecified atom stereocenters. The molecule has 0 aliphatic carbocycles. The molecule has 3 aromatic heterocycles. The Balaban J connectivity index is 1.82. The van der Waals surface area contributed by atoms with Crippen molar-refractivity contribution < 1.29 is 9.53 Å². The molecular formula is C19H21N3O3. The molecule has 130 valence electrons. The Morgan fingerprint density at radius 2 is 1.96 bits per heavy atom. The van der Waals surface area contributed by atoms with Crippen molar-refractivity contribution in [1.82, 2.24) is 14.0 Å². The summed E-state index contributed by atoms with van der Waals surface area (Å²) in [7, 11) is 0. The van der Waals surface area contributed by atoms with Gasteiger partial charge < -0.3 is 9.30 Å². The second-order valence-electron chi connectivity index (χ2n) is 6.13. The molecule has 0 aliphatic heterocycles. The van der Waals surface area contributed by atoms with Crippen molar-refractivity contribution >= 4 is 11.6 Å². The van der Waals surface area contributed by atoms with Gasteiger partial charge in [0.15, 0.2) is 0 Å². The van der Waals surface area contributed by atoms with Crippen LogP contribution in [0.5, 0.6) is 0 Å². The zero-order chi connectivity index (χ0) is 18.1. The Morgan fingerprint density at radius 3 is 2.64 bits per heavy atom. The summed E-state index contributed by atoms with van der Waals surface area (Å²) in [6, 6.07) is 6.88. The van der Waals surface area contributed by atoms with Gasteiger partial charge in [-0.2, -0.15) is 0 Å². The van der Waals surface area contributed by atoms with Crippen LogP contribution in [0.1, 0.15) is 39.9 Å². The summed E-state index contributed by atoms with van der Waals surface area (Å²) >= 11 is 0. The van der Waals surface area contributed by atoms with Crippen LogP contribution < -0.4 is 5.56 Å². The number of nitrogens with zero attached hydrogens (tertiary/aromatic N) is 3. The maximum atomic E-state index is 12.4. The van der Waals surface area contributed by atoms with Crippen LogP contribution >= 0.6 is 0 Å². The number of carbonyl (C=O) groups excluding carboxylic acids is 1. The molecule has 6 heteroatoms. The van der Waals surface area contributed by atoms with E-state index in [-0.39, 0.29) is 12.2 Å². The molecule has 0 spiro atoms. The minimum atomic E-state index is -0.404. The number of aryl methyl sites for hydroxylation is 2. The average molecular weight is 339 g/mol. The first-order chi connectivity index (χ1) is 11.9. The first-order valence-electron chi connectivity index (χ1n) is 8.23. The number of aromatic nitrogens is 3. The van der Waals surface area contributed by atoms with E-state index in [0.29, 0.717) is 16.9 Å². The Labute approximate surface area is 145 Å². The number of carbonyl (C=O) groups is 1. The SMILES string of the molecule is CCn1c(C)cc(C(=O)OCc2cc(=O)n3cc(C)ccc3n2)c1C. The summed E-state index contributed by atoms with van der Waals surface area (Å²) in [6.45, 7) is 8.57. The number of ether oxygens (including phenoxy) is 1. The molecule has 0 fully saturated rings. The van der Waals surface area contributed by atoms with Gasteiger partial charge in [-0.15, -0.1) is 0 Å². The van der Waals surface area contributed by atoms with Gasteiger partial charge in [0.2, 0.25) is 0 Å². The molecule has 25 heavy (non-hydrogen) atoms. The maximum Gasteiger partial charge on any atom is 0.340 e. The van der Waals surface area contributed by atoms with Crippen LogP contribution in [0.3, 0.4) is 0 Å². The molecule has 0 saturated heterocycles. The van der Waals surface area contributed by atoms with Crippen molar-refractivity contribution in [1.29, 1.82) is 0 Å². The number of fused-ring (bicyclic) bond motifs is 1. The van der Waals surface area contributed by atoms with Crippen molar-refractivity contribution in [2.75, 3.05) is 0 Å². The van der Waals surface area contributed by atoms with Gasteiger partial charge in [0.05, 0.1) is 11.3 Å². The number of hydrogen-bond acceptors (Lipinski definition) is 4. The minimum absolute atomic E-state index is 0.0335. The van der Waals surface area contributed by atoms with Crippen molar-refractivity contribution in [2.45, 2.75) is 40.8 Å². The van der Waals surface area contributed by atoms with Gasteiger partial charge in [0, 0.05) is 30.2 Å². The lowest BCUT2D eigenvalue weighted by atomic mass is 10.2. The van der Waals surface area contributed by atoms with Crippen molar-refractivity contribution in [2.24, 2.45) is 0 Å². The second-order valence-corrected chi connectivity index (χ2v) is 6.13. The summed E-state index contributed by atoms with van der Waals surface area (Å²) < 4.78 is 8.91. The zero-order valence-electron chi connectivity index (χ0n) is 14.9. The third kappa shape index (κ3) is 3.20. The van der Waals surface area contributed by atoms with Crippen LogP contribution in [-0.4, -0.2) is 19.9 Å². The summed E-state index contributed by atoms with van der Waals surface area (Å²) in [4.78, 5) is 28.9. The highest BCUT2D eigenvalue weighted by molar-refractivity contribution is 5.91. The van der Waals surface area contributed by atoms with Crippen molar-refractivity contribution in [3.8, 4) is 0 Å². The molecule has 0 saturated carbocycles. The van der Waals surface area contributed by atoms with Gasteiger partial charge in [-0.25, -0.2) is 9.78 Å². The molecular weight excluding hydrogens is 318 g/mol. The lowest BCUT2D eigenvalue weighted by Crippen LogP contribution is -2.17. The van der Waals surface area contributed by atoms with E-state index >= 15 is 0 Å². The van der Waals surface area contributed by atoms with Crippen molar-refractivity contribution in [3.05, 3.63) is 69.0 Å². The zero-order valence-corrected chi connectivity index (χ0v) is 14.9. The fraction of sp³-hybridized carbons (Fsp3) is 0.316. The average Bonchev–Trinajstić information content (AvgIpc) is 2.87. The smallest absolute Gasteiger partial charge is 0.340 e. The van der Waals surface area contributed by atoms with Gasteiger partial charge >= 0.3 is 5.97 Å². The molecule has 0 radical (unpaired) electrons. The Kier molecular flexibility index (Phi) is 4.44. The molecule has 6 nitrogen and oxygen atoms in total. The summed E-state index contributed by atoms with van der Waals surface area (Å²) in [5, 5.41) is 0. The van der Waals surface area contributed by atoms with E-state index in [0.717, 1.165) is 23.5 Å². The lowest BCUT2D eigenvalue weighted by Gasteiger charge is -2.07. The maximum absolute atomic E-state index is 12.4. The predicted molar refractivity (Wildman–Crippen MR) is 94.9 cm³/mol. The third-order valence-electron chi connectivity index (χ3n) is 4.32. The number of hydrogen-bond donors (Lipinski definition) is 0. The second kappa shape index (κ2) is 6.55. The lowest BCUT2D eigenvalue weighted by molar-refractivity contribution is 0.0466. The summed E-state index contributed by atoms with van der Waals surface area (Å²) in [5.74, 6) is -0.404. The first-order valence-corrected chi connectivity index (χ1v) is 8.23. The fourth-order valence-electron chi connectivity index (χ4n) is 3.04. The molecule has 3 aromatic rings. The van der Waals surface area contributed by atoms with Crippen LogP contribution in [0.4, 0.5) is 0 Å². The molecule has 0 amide bonds. The molecule has 0 N–H and O–H groups in total. The van der Waals surface area contributed by atoms with Gasteiger partial charge in [0.25, 0.3) is 5.56 Å². The Bertz CT molecular complexity index is 1010. The largest absolute Gasteiger partial charge is 0.456 e. The van der Waals surface area contributed by atoms with Gasteiger partial charge in [0.1, 0.15) is 12.3 Å². The highest BCUT2D eigenvalue weighted by atomic mass is 16.5. The number of esters is 1. The van der Waals surface area contributed by atoms with Crippen LogP contribution in [0.25, 0.3) is 5.65 Å². The van der Waals surface area contributed by atoms with Crippen LogP contribution in [0.15, 0.2) is 35.3 Å². The van der Waals surface area contributed by atoms with E-state index in [1.165, 1.54) is 10.5 Å². The van der Waals surface area contributed by atoms with E-state index in [1.807, 2.05) is 39.8 Å². The van der Waals surface area contributed by atoms with E-state index < -0.39 is 5.97 Å². The fourth-order valence-corrected chi connectivity index (χ4v) is 3.04. The highest BCUT2D eigenvalue weighted by Crippen LogP contribution is 2.16. The van der Waals surface area contributed by atoms with Crippen LogP contribution in [-0.2, 0) is 17.9 Å². The molecule has 0 bridgehead atoms. The Hall–Kier alpha value is -2.89. The standard InChI is InChI=1S/C19H21N3O3/c1-5-21-13(3)8-16(14(21)4)19(24)25-11-15-9-18(23)22-10-12(2)6-7-17(22)20-15/h6-10H,5,11H2,1-4H3. The van der Waals surface area contributed by atoms with Crippen molar-refractivity contribution in [3.63, 3.8) is 0 Å². The van der Waals surface area contributed by atoms with E-state index in [2.05, 4.69) is 9.55 Å². The molecule has 0 aromatic carbocycles. The topological polar surface area (TPSA) is 65.6 Å². The van der Waals surface area contributed by atoms with E-state index in [9.17, 15) is 9.59 Å². The monoisotopic (exact) mass is 339 g/mol. The van der Waals surface area contributed by atoms with Crippen LogP contribution in [0.2, 0.25) is 0 Å². The number of pyridine rings is 1. The van der Waals surface area contributed by atoms with Gasteiger partial charge in [-0.3, -0.25) is 9.20 Å². The first kappa shape index (κ1) is 17.0. The summed E-state index contributed by atoms with van der Waals surface area (Å²) in [5.41, 5.74) is 4.20. The molecule has 0 aliphatic rings. The van der Waals surface area contributed by atoms with Gasteiger partial charge in [-0.05, 0) is 45.4 Å². The highest BCUT2D eigenvalue weighted by Gasteiger charge is 2.16. The minimum Gasteiger partial charge on any atom is -0.456 e.